The Morgan fingerprint density at radius 3 is 3.09 bits per heavy atom. The number of thiazole rings is 1. The van der Waals surface area contributed by atoms with Crippen molar-refractivity contribution in [1.82, 2.24) is 9.88 Å². The van der Waals surface area contributed by atoms with Crippen molar-refractivity contribution in [3.05, 3.63) is 11.6 Å². The Labute approximate surface area is 136 Å². The molecule has 1 aromatic rings. The largest absolute Gasteiger partial charge is 0.385 e. The third-order valence-corrected chi connectivity index (χ3v) is 5.71. The minimum Gasteiger partial charge on any atom is -0.385 e. The van der Waals surface area contributed by atoms with Gasteiger partial charge in [-0.3, -0.25) is 4.79 Å². The molecule has 3 heterocycles. The van der Waals surface area contributed by atoms with Crippen LogP contribution < -0.4 is 4.90 Å². The van der Waals surface area contributed by atoms with E-state index in [1.165, 1.54) is 12.8 Å². The summed E-state index contributed by atoms with van der Waals surface area (Å²) in [7, 11) is 1.71. The molecule has 2 fully saturated rings. The van der Waals surface area contributed by atoms with Crippen molar-refractivity contribution in [2.75, 3.05) is 44.8 Å². The Bertz CT molecular complexity index is 494. The lowest BCUT2D eigenvalue weighted by Gasteiger charge is -2.48. The fraction of sp³-hybridized carbons (Fsp3) is 0.750. The summed E-state index contributed by atoms with van der Waals surface area (Å²) < 4.78 is 5.12. The molecule has 0 saturated carbocycles. The average Bonchev–Trinajstić information content (AvgIpc) is 3.06. The molecule has 1 amide bonds. The van der Waals surface area contributed by atoms with E-state index in [0.29, 0.717) is 12.3 Å². The van der Waals surface area contributed by atoms with E-state index >= 15 is 0 Å². The molecule has 2 aliphatic rings. The molecule has 0 radical (unpaired) electrons. The SMILES string of the molecule is COCCCN1C[C@@]2(CCCN(c3nccs3)C2)CCC1=O. The number of hydrogen-bond donors (Lipinski definition) is 0. The van der Waals surface area contributed by atoms with Gasteiger partial charge in [0, 0.05) is 63.3 Å². The van der Waals surface area contributed by atoms with Crippen molar-refractivity contribution in [3.8, 4) is 0 Å². The number of anilines is 1. The first-order chi connectivity index (χ1) is 10.7. The van der Waals surface area contributed by atoms with Crippen LogP contribution in [0.4, 0.5) is 5.13 Å². The second-order valence-corrected chi connectivity index (χ2v) is 7.37. The van der Waals surface area contributed by atoms with Gasteiger partial charge in [0.25, 0.3) is 0 Å². The first kappa shape index (κ1) is 15.7. The fourth-order valence-electron chi connectivity index (χ4n) is 3.78. The second kappa shape index (κ2) is 6.96. The van der Waals surface area contributed by atoms with E-state index in [-0.39, 0.29) is 5.41 Å². The number of carbonyl (C=O) groups is 1. The van der Waals surface area contributed by atoms with Crippen LogP contribution >= 0.6 is 11.3 Å². The van der Waals surface area contributed by atoms with E-state index in [2.05, 4.69) is 14.8 Å². The van der Waals surface area contributed by atoms with Crippen molar-refractivity contribution in [2.45, 2.75) is 32.1 Å². The summed E-state index contributed by atoms with van der Waals surface area (Å²) in [6.45, 7) is 4.58. The predicted octanol–water partition coefficient (Wildman–Crippen LogP) is 2.39. The number of rotatable bonds is 5. The number of aromatic nitrogens is 1. The molecule has 0 N–H and O–H groups in total. The number of amides is 1. The van der Waals surface area contributed by atoms with Crippen LogP contribution in [-0.4, -0.2) is 55.7 Å². The maximum atomic E-state index is 12.2. The summed E-state index contributed by atoms with van der Waals surface area (Å²) in [5.74, 6) is 0.313. The molecule has 0 bridgehead atoms. The number of hydrogen-bond acceptors (Lipinski definition) is 5. The number of carbonyl (C=O) groups excluding carboxylic acids is 1. The maximum Gasteiger partial charge on any atom is 0.222 e. The minimum absolute atomic E-state index is 0.255. The molecule has 6 heteroatoms. The van der Waals surface area contributed by atoms with Crippen molar-refractivity contribution in [2.24, 2.45) is 5.41 Å². The molecule has 5 nitrogen and oxygen atoms in total. The summed E-state index contributed by atoms with van der Waals surface area (Å²) >= 11 is 1.71. The Hall–Kier alpha value is -1.14. The Morgan fingerprint density at radius 1 is 1.41 bits per heavy atom. The van der Waals surface area contributed by atoms with Crippen LogP contribution in [0.5, 0.6) is 0 Å². The quantitative estimate of drug-likeness (QED) is 0.781. The molecule has 22 heavy (non-hydrogen) atoms. The molecule has 0 aliphatic carbocycles. The zero-order valence-corrected chi connectivity index (χ0v) is 14.1. The first-order valence-electron chi connectivity index (χ1n) is 8.14. The molecule has 0 aromatic carbocycles. The van der Waals surface area contributed by atoms with Crippen LogP contribution in [0.25, 0.3) is 0 Å². The number of ether oxygens (including phenoxy) is 1. The van der Waals surface area contributed by atoms with Crippen LogP contribution in [0.15, 0.2) is 11.6 Å². The smallest absolute Gasteiger partial charge is 0.222 e. The summed E-state index contributed by atoms with van der Waals surface area (Å²) in [4.78, 5) is 21.1. The molecular formula is C16H25N3O2S. The van der Waals surface area contributed by atoms with Gasteiger partial charge in [0.05, 0.1) is 0 Å². The van der Waals surface area contributed by atoms with E-state index in [0.717, 1.165) is 50.8 Å². The Morgan fingerprint density at radius 2 is 2.32 bits per heavy atom. The van der Waals surface area contributed by atoms with Gasteiger partial charge >= 0.3 is 0 Å². The van der Waals surface area contributed by atoms with Gasteiger partial charge in [-0.2, -0.15) is 0 Å². The summed E-state index contributed by atoms with van der Waals surface area (Å²) in [5, 5.41) is 3.17. The van der Waals surface area contributed by atoms with Crippen LogP contribution in [0.2, 0.25) is 0 Å². The zero-order valence-electron chi connectivity index (χ0n) is 13.3. The predicted molar refractivity (Wildman–Crippen MR) is 88.3 cm³/mol. The molecule has 3 rings (SSSR count). The van der Waals surface area contributed by atoms with Gasteiger partial charge in [-0.25, -0.2) is 4.98 Å². The highest BCUT2D eigenvalue weighted by Crippen LogP contribution is 2.40. The molecule has 1 aromatic heterocycles. The summed E-state index contributed by atoms with van der Waals surface area (Å²) in [6.07, 6.45) is 6.94. The molecule has 2 saturated heterocycles. The highest BCUT2D eigenvalue weighted by Gasteiger charge is 2.41. The highest BCUT2D eigenvalue weighted by molar-refractivity contribution is 7.13. The van der Waals surface area contributed by atoms with Gasteiger partial charge in [0.1, 0.15) is 0 Å². The van der Waals surface area contributed by atoms with Crippen molar-refractivity contribution >= 4 is 22.4 Å². The normalized spacial score (nSPS) is 26.0. The third-order valence-electron chi connectivity index (χ3n) is 4.88. The lowest BCUT2D eigenvalue weighted by atomic mass is 9.73. The van der Waals surface area contributed by atoms with Gasteiger partial charge in [-0.1, -0.05) is 0 Å². The van der Waals surface area contributed by atoms with Crippen LogP contribution in [0, 0.1) is 5.41 Å². The van der Waals surface area contributed by atoms with Crippen molar-refractivity contribution in [1.29, 1.82) is 0 Å². The lowest BCUT2D eigenvalue weighted by Crippen LogP contribution is -2.54. The highest BCUT2D eigenvalue weighted by atomic mass is 32.1. The number of piperidine rings is 2. The first-order valence-corrected chi connectivity index (χ1v) is 9.02. The van der Waals surface area contributed by atoms with Gasteiger partial charge in [0.2, 0.25) is 5.91 Å². The molecule has 1 spiro atoms. The van der Waals surface area contributed by atoms with E-state index in [9.17, 15) is 4.79 Å². The van der Waals surface area contributed by atoms with Crippen LogP contribution in [0.3, 0.4) is 0 Å². The summed E-state index contributed by atoms with van der Waals surface area (Å²) in [5.41, 5.74) is 0.255. The Balaban J connectivity index is 1.65. The van der Waals surface area contributed by atoms with Gasteiger partial charge < -0.3 is 14.5 Å². The van der Waals surface area contributed by atoms with Gasteiger partial charge in [-0.15, -0.1) is 11.3 Å². The topological polar surface area (TPSA) is 45.7 Å². The van der Waals surface area contributed by atoms with E-state index in [1.807, 2.05) is 11.6 Å². The Kier molecular flexibility index (Phi) is 4.98. The second-order valence-electron chi connectivity index (χ2n) is 6.50. The monoisotopic (exact) mass is 323 g/mol. The average molecular weight is 323 g/mol. The minimum atomic E-state index is 0.255. The van der Waals surface area contributed by atoms with E-state index in [4.69, 9.17) is 4.74 Å². The van der Waals surface area contributed by atoms with E-state index in [1.54, 1.807) is 18.4 Å². The van der Waals surface area contributed by atoms with Gasteiger partial charge in [0.15, 0.2) is 5.13 Å². The zero-order chi connectivity index (χ0) is 15.4. The maximum absolute atomic E-state index is 12.2. The molecule has 1 atom stereocenters. The third kappa shape index (κ3) is 3.43. The number of likely N-dealkylation sites (tertiary alicyclic amines) is 1. The molecule has 2 aliphatic heterocycles. The molecule has 0 unspecified atom stereocenters. The number of nitrogens with zero attached hydrogens (tertiary/aromatic N) is 3. The van der Waals surface area contributed by atoms with Crippen molar-refractivity contribution in [3.63, 3.8) is 0 Å². The standard InChI is InChI=1S/C16H25N3O2S/c1-21-10-3-9-18-12-16(6-4-14(18)20)5-2-8-19(13-16)15-17-7-11-22-15/h7,11H,2-6,8-10,12-13H2,1H3/t16-/m1/s1. The van der Waals surface area contributed by atoms with Crippen LogP contribution in [-0.2, 0) is 9.53 Å². The fourth-order valence-corrected chi connectivity index (χ4v) is 4.45. The molecular weight excluding hydrogens is 298 g/mol. The van der Waals surface area contributed by atoms with Crippen LogP contribution in [0.1, 0.15) is 32.1 Å². The lowest BCUT2D eigenvalue weighted by molar-refractivity contribution is -0.138. The van der Waals surface area contributed by atoms with Crippen molar-refractivity contribution < 1.29 is 9.53 Å². The molecule has 122 valence electrons. The van der Waals surface area contributed by atoms with E-state index < -0.39 is 0 Å². The van der Waals surface area contributed by atoms with Gasteiger partial charge in [-0.05, 0) is 25.7 Å². The summed E-state index contributed by atoms with van der Waals surface area (Å²) in [6, 6.07) is 0. The number of methoxy groups -OCH3 is 1.